The van der Waals surface area contributed by atoms with Gasteiger partial charge in [-0.1, -0.05) is 19.3 Å². The highest BCUT2D eigenvalue weighted by Gasteiger charge is 2.17. The van der Waals surface area contributed by atoms with Crippen molar-refractivity contribution in [3.63, 3.8) is 0 Å². The first-order chi connectivity index (χ1) is 7.27. The van der Waals surface area contributed by atoms with Crippen molar-refractivity contribution in [3.8, 4) is 6.07 Å². The van der Waals surface area contributed by atoms with Crippen molar-refractivity contribution in [3.05, 3.63) is 11.8 Å². The van der Waals surface area contributed by atoms with Crippen LogP contribution >= 0.6 is 0 Å². The summed E-state index contributed by atoms with van der Waals surface area (Å²) in [6.07, 6.45) is 7.08. The number of nitrogens with one attached hydrogen (secondary N) is 2. The fourth-order valence-corrected chi connectivity index (χ4v) is 1.80. The van der Waals surface area contributed by atoms with E-state index in [0.717, 1.165) is 12.8 Å². The maximum atomic E-state index is 11.6. The first-order valence-corrected chi connectivity index (χ1v) is 5.36. The minimum Gasteiger partial charge on any atom is -0.393 e. The van der Waals surface area contributed by atoms with E-state index in [4.69, 9.17) is 5.26 Å². The summed E-state index contributed by atoms with van der Waals surface area (Å²) in [5.74, 6) is -0.265. The number of carbonyl (C=O) groups is 1. The van der Waals surface area contributed by atoms with E-state index in [2.05, 4.69) is 10.6 Å². The van der Waals surface area contributed by atoms with Crippen LogP contribution in [0.1, 0.15) is 32.1 Å². The van der Waals surface area contributed by atoms with Gasteiger partial charge in [-0.05, 0) is 12.8 Å². The van der Waals surface area contributed by atoms with E-state index in [0.29, 0.717) is 0 Å². The average molecular weight is 207 g/mol. The molecule has 0 aromatic heterocycles. The number of rotatable bonds is 3. The van der Waals surface area contributed by atoms with Crippen molar-refractivity contribution in [2.75, 3.05) is 7.05 Å². The van der Waals surface area contributed by atoms with Gasteiger partial charge in [0.25, 0.3) is 5.91 Å². The molecule has 1 rings (SSSR count). The molecule has 1 aliphatic rings. The van der Waals surface area contributed by atoms with Gasteiger partial charge in [0, 0.05) is 19.3 Å². The second-order valence-electron chi connectivity index (χ2n) is 3.77. The number of nitrogens with zero attached hydrogens (tertiary/aromatic N) is 1. The van der Waals surface area contributed by atoms with Crippen molar-refractivity contribution >= 4 is 5.91 Å². The zero-order chi connectivity index (χ0) is 11.1. The molecule has 4 nitrogen and oxygen atoms in total. The predicted octanol–water partition coefficient (Wildman–Crippen LogP) is 1.06. The first-order valence-electron chi connectivity index (χ1n) is 5.36. The van der Waals surface area contributed by atoms with Crippen LogP contribution in [-0.4, -0.2) is 19.0 Å². The largest absolute Gasteiger partial charge is 0.393 e. The minimum atomic E-state index is -0.265. The van der Waals surface area contributed by atoms with E-state index >= 15 is 0 Å². The molecule has 0 spiro atoms. The lowest BCUT2D eigenvalue weighted by molar-refractivity contribution is -0.118. The Morgan fingerprint density at radius 2 is 2.07 bits per heavy atom. The van der Waals surface area contributed by atoms with Gasteiger partial charge in [0.2, 0.25) is 0 Å². The Balaban J connectivity index is 2.46. The molecule has 15 heavy (non-hydrogen) atoms. The molecule has 1 aliphatic carbocycles. The van der Waals surface area contributed by atoms with Crippen molar-refractivity contribution in [1.29, 1.82) is 5.26 Å². The van der Waals surface area contributed by atoms with Gasteiger partial charge >= 0.3 is 0 Å². The molecule has 0 unspecified atom stereocenters. The summed E-state index contributed by atoms with van der Waals surface area (Å²) in [5.41, 5.74) is 0.142. The highest BCUT2D eigenvalue weighted by molar-refractivity contribution is 5.97. The van der Waals surface area contributed by atoms with Gasteiger partial charge in [0.1, 0.15) is 11.6 Å². The number of amides is 1. The third kappa shape index (κ3) is 3.62. The third-order valence-corrected chi connectivity index (χ3v) is 2.59. The quantitative estimate of drug-likeness (QED) is 0.537. The third-order valence-electron chi connectivity index (χ3n) is 2.59. The molecule has 4 heteroatoms. The highest BCUT2D eigenvalue weighted by atomic mass is 16.1. The van der Waals surface area contributed by atoms with E-state index < -0.39 is 0 Å². The Hall–Kier alpha value is -1.50. The summed E-state index contributed by atoms with van der Waals surface area (Å²) in [5, 5.41) is 14.3. The van der Waals surface area contributed by atoms with Crippen LogP contribution in [0.5, 0.6) is 0 Å². The Kier molecular flexibility index (Phi) is 4.69. The fraction of sp³-hybridized carbons (Fsp3) is 0.636. The molecular weight excluding hydrogens is 190 g/mol. The maximum Gasteiger partial charge on any atom is 0.263 e. The van der Waals surface area contributed by atoms with E-state index in [1.807, 2.05) is 6.07 Å². The van der Waals surface area contributed by atoms with E-state index in [1.165, 1.54) is 25.5 Å². The summed E-state index contributed by atoms with van der Waals surface area (Å²) < 4.78 is 0. The van der Waals surface area contributed by atoms with E-state index in [1.54, 1.807) is 7.05 Å². The minimum absolute atomic E-state index is 0.142. The zero-order valence-corrected chi connectivity index (χ0v) is 9.05. The van der Waals surface area contributed by atoms with Gasteiger partial charge < -0.3 is 10.6 Å². The molecule has 82 valence electrons. The van der Waals surface area contributed by atoms with E-state index in [-0.39, 0.29) is 17.5 Å². The van der Waals surface area contributed by atoms with Crippen molar-refractivity contribution in [2.45, 2.75) is 38.1 Å². The summed E-state index contributed by atoms with van der Waals surface area (Å²) in [6.45, 7) is 0. The summed E-state index contributed by atoms with van der Waals surface area (Å²) in [4.78, 5) is 11.6. The second kappa shape index (κ2) is 6.07. The van der Waals surface area contributed by atoms with Crippen molar-refractivity contribution in [2.24, 2.45) is 0 Å². The molecule has 1 amide bonds. The van der Waals surface area contributed by atoms with E-state index in [9.17, 15) is 4.79 Å². The first kappa shape index (κ1) is 11.6. The standard InChI is InChI=1S/C11H17N3O/c1-13-8-9(7-12)11(15)14-10-5-3-2-4-6-10/h8,10,13H,2-6H2,1H3,(H,14,15)/b9-8-. The molecule has 2 N–H and O–H groups in total. The number of carbonyl (C=O) groups excluding carboxylic acids is 1. The van der Waals surface area contributed by atoms with Gasteiger partial charge in [0.15, 0.2) is 0 Å². The molecule has 0 aliphatic heterocycles. The van der Waals surface area contributed by atoms with Crippen LogP contribution in [0.4, 0.5) is 0 Å². The number of hydrogen-bond acceptors (Lipinski definition) is 3. The summed E-state index contributed by atoms with van der Waals surface area (Å²) >= 11 is 0. The van der Waals surface area contributed by atoms with Crippen LogP contribution in [0.25, 0.3) is 0 Å². The van der Waals surface area contributed by atoms with Crippen LogP contribution in [-0.2, 0) is 4.79 Å². The monoisotopic (exact) mass is 207 g/mol. The molecule has 0 heterocycles. The smallest absolute Gasteiger partial charge is 0.263 e. The zero-order valence-electron chi connectivity index (χ0n) is 9.05. The Bertz CT molecular complexity index is 285. The molecule has 1 fully saturated rings. The lowest BCUT2D eigenvalue weighted by Gasteiger charge is -2.22. The summed E-state index contributed by atoms with van der Waals surface area (Å²) in [6, 6.07) is 2.13. The van der Waals surface area contributed by atoms with Gasteiger partial charge in [-0.2, -0.15) is 5.26 Å². The molecule has 0 saturated heterocycles. The van der Waals surface area contributed by atoms with Gasteiger partial charge in [-0.15, -0.1) is 0 Å². The average Bonchev–Trinajstić information content (AvgIpc) is 2.27. The fourth-order valence-electron chi connectivity index (χ4n) is 1.80. The van der Waals surface area contributed by atoms with Crippen molar-refractivity contribution < 1.29 is 4.79 Å². The van der Waals surface area contributed by atoms with Crippen LogP contribution in [0, 0.1) is 11.3 Å². The van der Waals surface area contributed by atoms with Crippen LogP contribution in [0.2, 0.25) is 0 Å². The van der Waals surface area contributed by atoms with Gasteiger partial charge in [-0.25, -0.2) is 0 Å². The molecule has 0 aromatic carbocycles. The predicted molar refractivity (Wildman–Crippen MR) is 57.8 cm³/mol. The Labute approximate surface area is 90.3 Å². The number of hydrogen-bond donors (Lipinski definition) is 2. The molecule has 0 bridgehead atoms. The Morgan fingerprint density at radius 3 is 2.60 bits per heavy atom. The topological polar surface area (TPSA) is 64.9 Å². The molecular formula is C11H17N3O. The number of nitriles is 1. The normalized spacial score (nSPS) is 18.0. The summed E-state index contributed by atoms with van der Waals surface area (Å²) in [7, 11) is 1.67. The molecule has 0 aromatic rings. The highest BCUT2D eigenvalue weighted by Crippen LogP contribution is 2.17. The maximum absolute atomic E-state index is 11.6. The van der Waals surface area contributed by atoms with Crippen molar-refractivity contribution in [1.82, 2.24) is 10.6 Å². The van der Waals surface area contributed by atoms with Crippen LogP contribution in [0.3, 0.4) is 0 Å². The second-order valence-corrected chi connectivity index (χ2v) is 3.77. The lowest BCUT2D eigenvalue weighted by Crippen LogP contribution is -2.37. The SMILES string of the molecule is CN/C=C(/C#N)C(=O)NC1CCCCC1. The van der Waals surface area contributed by atoms with Crippen LogP contribution < -0.4 is 10.6 Å². The molecule has 0 atom stereocenters. The Morgan fingerprint density at radius 1 is 1.40 bits per heavy atom. The van der Waals surface area contributed by atoms with Gasteiger partial charge in [0.05, 0.1) is 0 Å². The lowest BCUT2D eigenvalue weighted by atomic mass is 9.95. The molecule has 0 radical (unpaired) electrons. The van der Waals surface area contributed by atoms with Crippen LogP contribution in [0.15, 0.2) is 11.8 Å². The molecule has 1 saturated carbocycles. The van der Waals surface area contributed by atoms with Gasteiger partial charge in [-0.3, -0.25) is 4.79 Å².